The summed E-state index contributed by atoms with van der Waals surface area (Å²) in [5.74, 6) is -0.0605. The van der Waals surface area contributed by atoms with Gasteiger partial charge in [0.25, 0.3) is 5.91 Å². The van der Waals surface area contributed by atoms with E-state index in [0.29, 0.717) is 30.5 Å². The number of anilines is 4. The van der Waals surface area contributed by atoms with Crippen LogP contribution in [0.3, 0.4) is 0 Å². The first-order valence-electron chi connectivity index (χ1n) is 10.5. The molecule has 8 nitrogen and oxygen atoms in total. The van der Waals surface area contributed by atoms with Crippen molar-refractivity contribution in [1.82, 2.24) is 9.97 Å². The number of carbonyl (C=O) groups excluding carboxylic acids is 1. The molecule has 0 unspecified atom stereocenters. The molecule has 2 heterocycles. The van der Waals surface area contributed by atoms with Crippen LogP contribution in [-0.4, -0.2) is 48.5 Å². The van der Waals surface area contributed by atoms with Crippen molar-refractivity contribution in [2.24, 2.45) is 0 Å². The van der Waals surface area contributed by atoms with E-state index in [1.54, 1.807) is 24.3 Å². The number of nitrogens with one attached hydrogen (secondary N) is 2. The minimum absolute atomic E-state index is 0.231. The molecule has 2 aromatic carbocycles. The Labute approximate surface area is 193 Å². The number of halogens is 3. The molecule has 34 heavy (non-hydrogen) atoms. The Morgan fingerprint density at radius 3 is 2.41 bits per heavy atom. The van der Waals surface area contributed by atoms with Crippen LogP contribution in [0, 0.1) is 6.92 Å². The van der Waals surface area contributed by atoms with Gasteiger partial charge in [0, 0.05) is 36.2 Å². The molecule has 0 aliphatic carbocycles. The summed E-state index contributed by atoms with van der Waals surface area (Å²) in [7, 11) is 0. The minimum Gasteiger partial charge on any atom is -0.405 e. The molecule has 0 radical (unpaired) electrons. The monoisotopic (exact) mass is 473 g/mol. The van der Waals surface area contributed by atoms with E-state index in [1.807, 2.05) is 13.0 Å². The smallest absolute Gasteiger partial charge is 0.405 e. The second kappa shape index (κ2) is 9.96. The van der Waals surface area contributed by atoms with Gasteiger partial charge in [-0.2, -0.15) is 4.98 Å². The first-order valence-corrected chi connectivity index (χ1v) is 10.5. The van der Waals surface area contributed by atoms with Gasteiger partial charge < -0.3 is 25.0 Å². The third kappa shape index (κ3) is 6.13. The molecule has 0 spiro atoms. The van der Waals surface area contributed by atoms with E-state index >= 15 is 0 Å². The molecule has 1 aromatic heterocycles. The molecule has 0 atom stereocenters. The first-order chi connectivity index (χ1) is 16.3. The summed E-state index contributed by atoms with van der Waals surface area (Å²) < 4.78 is 47.2. The number of morpholine rings is 1. The van der Waals surface area contributed by atoms with Crippen LogP contribution in [0.2, 0.25) is 0 Å². The second-order valence-electron chi connectivity index (χ2n) is 7.49. The molecule has 3 aromatic rings. The first kappa shape index (κ1) is 23.3. The highest BCUT2D eigenvalue weighted by Gasteiger charge is 2.32. The van der Waals surface area contributed by atoms with E-state index in [1.165, 1.54) is 18.2 Å². The zero-order valence-electron chi connectivity index (χ0n) is 18.2. The Hall–Kier alpha value is -3.86. The largest absolute Gasteiger partial charge is 0.573 e. The van der Waals surface area contributed by atoms with Crippen molar-refractivity contribution in [3.8, 4) is 5.75 Å². The molecular weight excluding hydrogens is 451 g/mol. The van der Waals surface area contributed by atoms with Crippen molar-refractivity contribution in [2.75, 3.05) is 41.8 Å². The van der Waals surface area contributed by atoms with E-state index in [0.717, 1.165) is 30.7 Å². The number of aromatic nitrogens is 2. The lowest BCUT2D eigenvalue weighted by Crippen LogP contribution is -2.36. The Bertz CT molecular complexity index is 1150. The fraction of sp³-hybridized carbons (Fsp3) is 0.261. The standard InChI is InChI=1S/C23H22F3N5O3/c1-15-14-20(31-10-12-33-13-11-31)30-22(27-15)29-17-8-6-16(7-9-17)28-21(32)18-4-2-3-5-19(18)34-23(24,25)26/h2-9,14H,10-13H2,1H3,(H,28,32)(H,27,29,30). The Morgan fingerprint density at radius 2 is 1.71 bits per heavy atom. The molecule has 1 saturated heterocycles. The van der Waals surface area contributed by atoms with Gasteiger partial charge in [-0.1, -0.05) is 12.1 Å². The molecule has 4 rings (SSSR count). The Morgan fingerprint density at radius 1 is 1.03 bits per heavy atom. The third-order valence-electron chi connectivity index (χ3n) is 4.93. The summed E-state index contributed by atoms with van der Waals surface area (Å²) >= 11 is 0. The summed E-state index contributed by atoms with van der Waals surface area (Å²) in [6, 6.07) is 13.7. The van der Waals surface area contributed by atoms with Gasteiger partial charge in [-0.05, 0) is 43.3 Å². The van der Waals surface area contributed by atoms with Crippen LogP contribution in [0.25, 0.3) is 0 Å². The van der Waals surface area contributed by atoms with Gasteiger partial charge in [-0.25, -0.2) is 4.98 Å². The van der Waals surface area contributed by atoms with Crippen LogP contribution >= 0.6 is 0 Å². The van der Waals surface area contributed by atoms with Gasteiger partial charge >= 0.3 is 6.36 Å². The van der Waals surface area contributed by atoms with Gasteiger partial charge in [0.05, 0.1) is 18.8 Å². The molecule has 1 amide bonds. The number of ether oxygens (including phenoxy) is 2. The number of aryl methyl sites for hydroxylation is 1. The second-order valence-corrected chi connectivity index (χ2v) is 7.49. The number of benzene rings is 2. The highest BCUT2D eigenvalue weighted by atomic mass is 19.4. The molecule has 178 valence electrons. The Kier molecular flexibility index (Phi) is 6.82. The molecule has 1 fully saturated rings. The number of rotatable bonds is 6. The summed E-state index contributed by atoms with van der Waals surface area (Å²) in [6.07, 6.45) is -4.90. The van der Waals surface area contributed by atoms with Gasteiger partial charge in [0.1, 0.15) is 11.6 Å². The van der Waals surface area contributed by atoms with Crippen LogP contribution in [0.15, 0.2) is 54.6 Å². The third-order valence-corrected chi connectivity index (χ3v) is 4.93. The number of carbonyl (C=O) groups is 1. The van der Waals surface area contributed by atoms with E-state index in [9.17, 15) is 18.0 Å². The van der Waals surface area contributed by atoms with Crippen molar-refractivity contribution in [3.05, 3.63) is 65.9 Å². The van der Waals surface area contributed by atoms with E-state index in [4.69, 9.17) is 4.74 Å². The molecule has 0 bridgehead atoms. The van der Waals surface area contributed by atoms with Crippen LogP contribution in [-0.2, 0) is 4.74 Å². The quantitative estimate of drug-likeness (QED) is 0.544. The van der Waals surface area contributed by atoms with Gasteiger partial charge in [-0.15, -0.1) is 13.2 Å². The maximum absolute atomic E-state index is 12.6. The van der Waals surface area contributed by atoms with Crippen molar-refractivity contribution < 1.29 is 27.4 Å². The van der Waals surface area contributed by atoms with Crippen LogP contribution in [0.1, 0.15) is 16.1 Å². The lowest BCUT2D eigenvalue weighted by molar-refractivity contribution is -0.274. The Balaban J connectivity index is 1.43. The maximum Gasteiger partial charge on any atom is 0.573 e. The molecule has 1 aliphatic heterocycles. The average Bonchev–Trinajstić information content (AvgIpc) is 2.80. The number of hydrogen-bond acceptors (Lipinski definition) is 7. The highest BCUT2D eigenvalue weighted by molar-refractivity contribution is 6.06. The predicted octanol–water partition coefficient (Wildman–Crippen LogP) is 4.52. The van der Waals surface area contributed by atoms with Crippen molar-refractivity contribution in [2.45, 2.75) is 13.3 Å². The molecule has 2 N–H and O–H groups in total. The molecule has 1 aliphatic rings. The topological polar surface area (TPSA) is 88.6 Å². The lowest BCUT2D eigenvalue weighted by Gasteiger charge is -2.28. The summed E-state index contributed by atoms with van der Waals surface area (Å²) in [5, 5.41) is 5.71. The number of alkyl halides is 3. The van der Waals surface area contributed by atoms with Crippen LogP contribution in [0.5, 0.6) is 5.75 Å². The normalized spacial score (nSPS) is 13.9. The number of hydrogen-bond donors (Lipinski definition) is 2. The van der Waals surface area contributed by atoms with Gasteiger partial charge in [0.2, 0.25) is 5.95 Å². The SMILES string of the molecule is Cc1cc(N2CCOCC2)nc(Nc2ccc(NC(=O)c3ccccc3OC(F)(F)F)cc2)n1. The van der Waals surface area contributed by atoms with Gasteiger partial charge in [0.15, 0.2) is 0 Å². The predicted molar refractivity (Wildman–Crippen MR) is 121 cm³/mol. The minimum atomic E-state index is -4.90. The van der Waals surface area contributed by atoms with Crippen molar-refractivity contribution in [3.63, 3.8) is 0 Å². The van der Waals surface area contributed by atoms with Crippen LogP contribution < -0.4 is 20.3 Å². The fourth-order valence-corrected chi connectivity index (χ4v) is 3.39. The maximum atomic E-state index is 12.6. The van der Waals surface area contributed by atoms with E-state index < -0.39 is 18.0 Å². The fourth-order valence-electron chi connectivity index (χ4n) is 3.39. The molecule has 0 saturated carbocycles. The van der Waals surface area contributed by atoms with Crippen molar-refractivity contribution >= 4 is 29.0 Å². The van der Waals surface area contributed by atoms with E-state index in [-0.39, 0.29) is 5.56 Å². The number of para-hydroxylation sites is 1. The van der Waals surface area contributed by atoms with Crippen LogP contribution in [0.4, 0.5) is 36.3 Å². The lowest BCUT2D eigenvalue weighted by atomic mass is 10.2. The van der Waals surface area contributed by atoms with E-state index in [2.05, 4.69) is 30.2 Å². The molecular formula is C23H22F3N5O3. The number of amides is 1. The number of nitrogens with zero attached hydrogens (tertiary/aromatic N) is 3. The summed E-state index contributed by atoms with van der Waals surface area (Å²) in [6.45, 7) is 4.68. The zero-order valence-corrected chi connectivity index (χ0v) is 18.2. The summed E-state index contributed by atoms with van der Waals surface area (Å²) in [4.78, 5) is 23.6. The molecule has 11 heteroatoms. The van der Waals surface area contributed by atoms with Gasteiger partial charge in [-0.3, -0.25) is 4.79 Å². The average molecular weight is 473 g/mol. The summed E-state index contributed by atoms with van der Waals surface area (Å²) in [5.41, 5.74) is 1.65. The zero-order chi connectivity index (χ0) is 24.1. The van der Waals surface area contributed by atoms with Crippen molar-refractivity contribution in [1.29, 1.82) is 0 Å². The highest BCUT2D eigenvalue weighted by Crippen LogP contribution is 2.27.